The molecular weight excluding hydrogens is 535 g/mol. The summed E-state index contributed by atoms with van der Waals surface area (Å²) in [7, 11) is 2.39. The van der Waals surface area contributed by atoms with Crippen molar-refractivity contribution in [3.8, 4) is 5.75 Å². The molecule has 1 N–H and O–H groups in total. The molecule has 1 saturated carbocycles. The second kappa shape index (κ2) is 8.04. The highest BCUT2D eigenvalue weighted by Crippen LogP contribution is 2.65. The Labute approximate surface area is 226 Å². The van der Waals surface area contributed by atoms with Crippen molar-refractivity contribution in [2.24, 2.45) is 17.8 Å². The van der Waals surface area contributed by atoms with Gasteiger partial charge in [-0.1, -0.05) is 42.0 Å². The van der Waals surface area contributed by atoms with Gasteiger partial charge in [-0.15, -0.1) is 23.2 Å². The zero-order valence-electron chi connectivity index (χ0n) is 20.3. The van der Waals surface area contributed by atoms with Crippen molar-refractivity contribution < 1.29 is 33.8 Å². The molecular formula is C27H22Cl2N2O7. The van der Waals surface area contributed by atoms with E-state index in [1.807, 2.05) is 0 Å². The zero-order valence-corrected chi connectivity index (χ0v) is 21.8. The number of nitrogens with zero attached hydrogens (tertiary/aromatic N) is 2. The van der Waals surface area contributed by atoms with Gasteiger partial charge in [-0.2, -0.15) is 4.90 Å². The van der Waals surface area contributed by atoms with E-state index in [9.17, 15) is 29.1 Å². The summed E-state index contributed by atoms with van der Waals surface area (Å²) in [6, 6.07) is 10.1. The third kappa shape index (κ3) is 2.81. The number of methoxy groups -OCH3 is 1. The number of allylic oxidation sites excluding steroid dienone is 2. The maximum atomic E-state index is 13.7. The number of carbonyl (C=O) groups is 5. The Morgan fingerprint density at radius 1 is 1.00 bits per heavy atom. The number of hydrogen-bond acceptors (Lipinski definition) is 7. The molecule has 0 spiro atoms. The van der Waals surface area contributed by atoms with Gasteiger partial charge in [0.05, 0.1) is 18.9 Å². The molecule has 2 saturated heterocycles. The number of carbonyl (C=O) groups excluding carboxylic acids is 5. The van der Waals surface area contributed by atoms with Gasteiger partial charge in [-0.3, -0.25) is 24.1 Å². The highest BCUT2D eigenvalue weighted by Gasteiger charge is 2.76. The van der Waals surface area contributed by atoms with Gasteiger partial charge in [0.15, 0.2) is 9.75 Å². The summed E-state index contributed by atoms with van der Waals surface area (Å²) in [5.74, 6) is -6.32. The zero-order chi connectivity index (χ0) is 27.3. The van der Waals surface area contributed by atoms with E-state index in [4.69, 9.17) is 23.2 Å². The van der Waals surface area contributed by atoms with Crippen molar-refractivity contribution >= 4 is 63.7 Å². The van der Waals surface area contributed by atoms with Crippen LogP contribution in [-0.2, 0) is 23.9 Å². The molecule has 2 heterocycles. The van der Waals surface area contributed by atoms with Crippen LogP contribution in [0.25, 0.3) is 10.8 Å². The van der Waals surface area contributed by atoms with E-state index < -0.39 is 63.1 Å². The number of aromatic hydroxyl groups is 1. The van der Waals surface area contributed by atoms with E-state index in [1.54, 1.807) is 36.4 Å². The third-order valence-electron chi connectivity index (χ3n) is 8.62. The Kier molecular flexibility index (Phi) is 5.26. The van der Waals surface area contributed by atoms with Crippen LogP contribution in [-0.4, -0.2) is 68.5 Å². The maximum Gasteiger partial charge on any atom is 0.423 e. The SMILES string of the molecule is COC(=O)N1C(=O)[C@H]2[C@H](CC=C3[C@H]2C[C@@]2(Cl)C(=O)N(C)C(=O)[C@@]2(Cl)[C@H]3c2ccc(O)c3ccccc23)C1=O. The van der Waals surface area contributed by atoms with Crippen molar-refractivity contribution in [3.63, 3.8) is 0 Å². The lowest BCUT2D eigenvalue weighted by Gasteiger charge is -2.51. The fourth-order valence-corrected chi connectivity index (χ4v) is 7.93. The Balaban J connectivity index is 1.61. The minimum Gasteiger partial charge on any atom is -0.507 e. The first-order chi connectivity index (χ1) is 18.0. The number of likely N-dealkylation sites (tertiary alicyclic amines) is 2. The number of amides is 5. The first-order valence-electron chi connectivity index (χ1n) is 12.1. The summed E-state index contributed by atoms with van der Waals surface area (Å²) in [4.78, 5) is 63.6. The van der Waals surface area contributed by atoms with Crippen LogP contribution in [0.3, 0.4) is 0 Å². The average Bonchev–Trinajstić information content (AvgIpc) is 3.24. The van der Waals surface area contributed by atoms with Crippen LogP contribution in [0.5, 0.6) is 5.75 Å². The molecule has 2 aromatic rings. The Morgan fingerprint density at radius 3 is 2.37 bits per heavy atom. The summed E-state index contributed by atoms with van der Waals surface area (Å²) >= 11 is 14.3. The Bertz CT molecular complexity index is 1520. The third-order valence-corrected chi connectivity index (χ3v) is 10.0. The van der Waals surface area contributed by atoms with Gasteiger partial charge >= 0.3 is 6.09 Å². The number of rotatable bonds is 1. The quantitative estimate of drug-likeness (QED) is 0.325. The molecule has 2 aliphatic carbocycles. The van der Waals surface area contributed by atoms with E-state index >= 15 is 0 Å². The second-order valence-corrected chi connectivity index (χ2v) is 11.4. The van der Waals surface area contributed by atoms with Crippen LogP contribution in [0.15, 0.2) is 48.0 Å². The molecule has 11 heteroatoms. The van der Waals surface area contributed by atoms with Crippen LogP contribution >= 0.6 is 23.2 Å². The van der Waals surface area contributed by atoms with Gasteiger partial charge in [0.1, 0.15) is 5.75 Å². The molecule has 0 radical (unpaired) electrons. The normalized spacial score (nSPS) is 34.3. The second-order valence-electron chi connectivity index (χ2n) is 10.2. The van der Waals surface area contributed by atoms with Crippen molar-refractivity contribution in [1.29, 1.82) is 0 Å². The number of fused-ring (bicyclic) bond motifs is 5. The lowest BCUT2D eigenvalue weighted by Crippen LogP contribution is -2.60. The summed E-state index contributed by atoms with van der Waals surface area (Å²) in [5.41, 5.74) is 1.14. The van der Waals surface area contributed by atoms with Gasteiger partial charge in [-0.05, 0) is 35.8 Å². The van der Waals surface area contributed by atoms with Crippen LogP contribution in [0.2, 0.25) is 0 Å². The highest BCUT2D eigenvalue weighted by molar-refractivity contribution is 6.53. The van der Waals surface area contributed by atoms with Crippen molar-refractivity contribution in [1.82, 2.24) is 9.80 Å². The standard InChI is InChI=1S/C27H22Cl2N2O7/c1-30-23(35)26(28)11-17-15(7-8-16-19(17)22(34)31(21(16)33)25(37)38-2)20(27(26,29)24(30)36)14-9-10-18(32)13-6-4-3-5-12(13)14/h3-7,9-10,16-17,19-20,32H,8,11H2,1-2H3/t16-,17+,19-,20-,26+,27-/m0/s1. The topological polar surface area (TPSA) is 121 Å². The molecule has 9 nitrogen and oxygen atoms in total. The number of phenolic OH excluding ortho intramolecular Hbond substituents is 1. The minimum atomic E-state index is -1.94. The molecule has 0 unspecified atom stereocenters. The van der Waals surface area contributed by atoms with E-state index in [-0.39, 0.29) is 18.6 Å². The smallest absolute Gasteiger partial charge is 0.423 e. The van der Waals surface area contributed by atoms with Crippen LogP contribution in [0, 0.1) is 17.8 Å². The number of alkyl halides is 2. The highest BCUT2D eigenvalue weighted by atomic mass is 35.5. The van der Waals surface area contributed by atoms with Gasteiger partial charge in [0.2, 0.25) is 11.8 Å². The Morgan fingerprint density at radius 2 is 1.68 bits per heavy atom. The molecule has 4 aliphatic rings. The van der Waals surface area contributed by atoms with E-state index in [0.717, 1.165) is 12.0 Å². The first-order valence-corrected chi connectivity index (χ1v) is 12.8. The molecule has 3 fully saturated rings. The van der Waals surface area contributed by atoms with Crippen LogP contribution in [0.1, 0.15) is 24.3 Å². The predicted octanol–water partition coefficient (Wildman–Crippen LogP) is 3.30. The summed E-state index contributed by atoms with van der Waals surface area (Å²) < 4.78 is 4.67. The molecule has 2 aromatic carbocycles. The van der Waals surface area contributed by atoms with Gasteiger partial charge in [0.25, 0.3) is 11.8 Å². The molecule has 2 aliphatic heterocycles. The molecule has 38 heavy (non-hydrogen) atoms. The van der Waals surface area contributed by atoms with Crippen LogP contribution < -0.4 is 0 Å². The number of imide groups is 4. The average molecular weight is 557 g/mol. The number of phenols is 1. The lowest BCUT2D eigenvalue weighted by atomic mass is 9.56. The largest absolute Gasteiger partial charge is 0.507 e. The van der Waals surface area contributed by atoms with Crippen molar-refractivity contribution in [2.75, 3.05) is 14.2 Å². The predicted molar refractivity (Wildman–Crippen MR) is 135 cm³/mol. The van der Waals surface area contributed by atoms with Gasteiger partial charge in [0, 0.05) is 18.4 Å². The fraction of sp³-hybridized carbons (Fsp3) is 0.370. The lowest BCUT2D eigenvalue weighted by molar-refractivity contribution is -0.139. The molecule has 0 bridgehead atoms. The number of ether oxygens (including phenoxy) is 1. The van der Waals surface area contributed by atoms with Gasteiger partial charge in [-0.25, -0.2) is 4.79 Å². The Hall–Kier alpha value is -3.43. The monoisotopic (exact) mass is 556 g/mol. The number of benzene rings is 2. The number of hydrogen-bond donors (Lipinski definition) is 1. The number of halogens is 2. The first kappa shape index (κ1) is 24.9. The van der Waals surface area contributed by atoms with Gasteiger partial charge < -0.3 is 9.84 Å². The summed E-state index contributed by atoms with van der Waals surface area (Å²) in [6.45, 7) is 0. The molecule has 0 aromatic heterocycles. The molecule has 6 atom stereocenters. The summed E-state index contributed by atoms with van der Waals surface area (Å²) in [5, 5.41) is 11.6. The summed E-state index contributed by atoms with van der Waals surface area (Å²) in [6.07, 6.45) is 0.648. The van der Waals surface area contributed by atoms with E-state index in [0.29, 0.717) is 26.8 Å². The van der Waals surface area contributed by atoms with E-state index in [1.165, 1.54) is 13.1 Å². The maximum absolute atomic E-state index is 13.7. The van der Waals surface area contributed by atoms with Crippen molar-refractivity contribution in [3.05, 3.63) is 53.6 Å². The molecule has 196 valence electrons. The molecule has 6 rings (SSSR count). The molecule has 5 amide bonds. The minimum absolute atomic E-state index is 0.0198. The van der Waals surface area contributed by atoms with Crippen LogP contribution in [0.4, 0.5) is 4.79 Å². The van der Waals surface area contributed by atoms with E-state index in [2.05, 4.69) is 4.74 Å². The fourth-order valence-electron chi connectivity index (χ4n) is 6.92. The van der Waals surface area contributed by atoms with Crippen molar-refractivity contribution in [2.45, 2.75) is 28.5 Å².